The second-order valence-electron chi connectivity index (χ2n) is 3.75. The highest BCUT2D eigenvalue weighted by Gasteiger charge is 2.18. The lowest BCUT2D eigenvalue weighted by Gasteiger charge is -2.13. The van der Waals surface area contributed by atoms with Crippen molar-refractivity contribution in [3.05, 3.63) is 22.7 Å². The van der Waals surface area contributed by atoms with Crippen LogP contribution in [0.1, 0.15) is 5.56 Å². The van der Waals surface area contributed by atoms with Gasteiger partial charge in [0.05, 0.1) is 24.3 Å². The van der Waals surface area contributed by atoms with Gasteiger partial charge in [-0.05, 0) is 17.7 Å². The number of halogens is 1. The number of ether oxygens (including phenoxy) is 2. The molecule has 0 aliphatic carbocycles. The van der Waals surface area contributed by atoms with E-state index in [1.54, 1.807) is 6.07 Å². The molecule has 0 fully saturated rings. The number of benzene rings is 1. The molecule has 2 rings (SSSR count). The number of nitrogens with one attached hydrogen (secondary N) is 1. The second kappa shape index (κ2) is 5.55. The predicted octanol–water partition coefficient (Wildman–Crippen LogP) is 0.511. The molecule has 1 aliphatic heterocycles. The molecule has 0 radical (unpaired) electrons. The van der Waals surface area contributed by atoms with E-state index >= 15 is 0 Å². The maximum Gasteiger partial charge on any atom is 0.231 e. The highest BCUT2D eigenvalue weighted by atomic mass is 35.5. The van der Waals surface area contributed by atoms with E-state index < -0.39 is 0 Å². The van der Waals surface area contributed by atoms with E-state index in [1.807, 2.05) is 6.07 Å². The molecular weight excluding hydrogens is 246 g/mol. The van der Waals surface area contributed by atoms with Crippen LogP contribution in [0.2, 0.25) is 5.02 Å². The van der Waals surface area contributed by atoms with Crippen molar-refractivity contribution in [1.29, 1.82) is 0 Å². The summed E-state index contributed by atoms with van der Waals surface area (Å²) in [4.78, 5) is 0. The Labute approximate surface area is 104 Å². The smallest absolute Gasteiger partial charge is 0.231 e. The molecule has 1 heterocycles. The van der Waals surface area contributed by atoms with Gasteiger partial charge in [0.1, 0.15) is 0 Å². The van der Waals surface area contributed by atoms with Crippen molar-refractivity contribution in [1.82, 2.24) is 5.32 Å². The molecular formula is C11H14ClNO4. The van der Waals surface area contributed by atoms with E-state index in [0.29, 0.717) is 23.1 Å². The summed E-state index contributed by atoms with van der Waals surface area (Å²) in [6.45, 7) is 0.438. The maximum absolute atomic E-state index is 8.92. The van der Waals surface area contributed by atoms with Gasteiger partial charge in [0.25, 0.3) is 0 Å². The number of hydrogen-bond acceptors (Lipinski definition) is 5. The zero-order valence-electron chi connectivity index (χ0n) is 9.15. The number of fused-ring (bicyclic) bond motifs is 1. The molecule has 0 spiro atoms. The van der Waals surface area contributed by atoms with Crippen LogP contribution in [-0.4, -0.2) is 36.3 Å². The topological polar surface area (TPSA) is 71.0 Å². The number of aliphatic hydroxyl groups excluding tert-OH is 2. The SMILES string of the molecule is OCC(CO)NCc1cc(Cl)c2c(c1)OCO2. The molecule has 94 valence electrons. The van der Waals surface area contributed by atoms with Gasteiger partial charge in [-0.1, -0.05) is 11.6 Å². The standard InChI is InChI=1S/C11H14ClNO4/c12-9-1-7(3-13-8(4-14)5-15)2-10-11(9)17-6-16-10/h1-2,8,13-15H,3-6H2. The van der Waals surface area contributed by atoms with Crippen LogP contribution in [0.15, 0.2) is 12.1 Å². The van der Waals surface area contributed by atoms with E-state index in [2.05, 4.69) is 5.32 Å². The van der Waals surface area contributed by atoms with Crippen LogP contribution in [0.4, 0.5) is 0 Å². The first-order valence-corrected chi connectivity index (χ1v) is 5.65. The van der Waals surface area contributed by atoms with Crippen LogP contribution < -0.4 is 14.8 Å². The molecule has 6 heteroatoms. The average Bonchev–Trinajstić information content (AvgIpc) is 2.79. The van der Waals surface area contributed by atoms with Crippen LogP contribution in [0.5, 0.6) is 11.5 Å². The maximum atomic E-state index is 8.92. The molecule has 1 aromatic carbocycles. The van der Waals surface area contributed by atoms with Crippen LogP contribution in [-0.2, 0) is 6.54 Å². The van der Waals surface area contributed by atoms with Gasteiger partial charge < -0.3 is 25.0 Å². The fraction of sp³-hybridized carbons (Fsp3) is 0.455. The number of hydrogen-bond donors (Lipinski definition) is 3. The third-order valence-electron chi connectivity index (χ3n) is 2.52. The average molecular weight is 260 g/mol. The Bertz CT molecular complexity index is 395. The Morgan fingerprint density at radius 2 is 2.06 bits per heavy atom. The predicted molar refractivity (Wildman–Crippen MR) is 62.4 cm³/mol. The summed E-state index contributed by atoms with van der Waals surface area (Å²) in [7, 11) is 0. The summed E-state index contributed by atoms with van der Waals surface area (Å²) in [6, 6.07) is 3.26. The summed E-state index contributed by atoms with van der Waals surface area (Å²) in [5, 5.41) is 21.3. The van der Waals surface area contributed by atoms with Gasteiger partial charge in [-0.3, -0.25) is 0 Å². The molecule has 0 saturated carbocycles. The molecule has 0 bridgehead atoms. The number of rotatable bonds is 5. The molecule has 17 heavy (non-hydrogen) atoms. The fourth-order valence-electron chi connectivity index (χ4n) is 1.57. The normalized spacial score (nSPS) is 13.4. The van der Waals surface area contributed by atoms with E-state index in [9.17, 15) is 0 Å². The Hall–Kier alpha value is -1.01. The van der Waals surface area contributed by atoms with Crippen molar-refractivity contribution in [2.45, 2.75) is 12.6 Å². The first-order valence-electron chi connectivity index (χ1n) is 5.27. The Morgan fingerprint density at radius 1 is 1.29 bits per heavy atom. The summed E-state index contributed by atoms with van der Waals surface area (Å²) in [6.07, 6.45) is 0. The molecule has 0 atom stereocenters. The Balaban J connectivity index is 2.05. The van der Waals surface area contributed by atoms with Crippen molar-refractivity contribution in [2.75, 3.05) is 20.0 Å². The van der Waals surface area contributed by atoms with Gasteiger partial charge in [-0.2, -0.15) is 0 Å². The summed E-state index contributed by atoms with van der Waals surface area (Å²) in [5.41, 5.74) is 0.908. The molecule has 0 unspecified atom stereocenters. The fourth-order valence-corrected chi connectivity index (χ4v) is 1.86. The summed E-state index contributed by atoms with van der Waals surface area (Å²) < 4.78 is 10.4. The first kappa shape index (κ1) is 12.4. The van der Waals surface area contributed by atoms with Crippen LogP contribution >= 0.6 is 11.6 Å². The minimum Gasteiger partial charge on any atom is -0.454 e. The molecule has 3 N–H and O–H groups in total. The highest BCUT2D eigenvalue weighted by molar-refractivity contribution is 6.32. The first-order chi connectivity index (χ1) is 8.24. The Kier molecular flexibility index (Phi) is 4.06. The van der Waals surface area contributed by atoms with Crippen molar-refractivity contribution in [3.63, 3.8) is 0 Å². The van der Waals surface area contributed by atoms with Gasteiger partial charge in [0.15, 0.2) is 11.5 Å². The summed E-state index contributed by atoms with van der Waals surface area (Å²) >= 11 is 6.03. The van der Waals surface area contributed by atoms with Gasteiger partial charge in [0.2, 0.25) is 6.79 Å². The van der Waals surface area contributed by atoms with Crippen LogP contribution in [0, 0.1) is 0 Å². The quantitative estimate of drug-likeness (QED) is 0.719. The Morgan fingerprint density at radius 3 is 2.76 bits per heavy atom. The van der Waals surface area contributed by atoms with E-state index in [-0.39, 0.29) is 26.0 Å². The zero-order chi connectivity index (χ0) is 12.3. The van der Waals surface area contributed by atoms with Crippen LogP contribution in [0.3, 0.4) is 0 Å². The summed E-state index contributed by atoms with van der Waals surface area (Å²) in [5.74, 6) is 1.19. The monoisotopic (exact) mass is 259 g/mol. The molecule has 0 aromatic heterocycles. The van der Waals surface area contributed by atoms with E-state index in [1.165, 1.54) is 0 Å². The third-order valence-corrected chi connectivity index (χ3v) is 2.80. The van der Waals surface area contributed by atoms with Crippen molar-refractivity contribution in [3.8, 4) is 11.5 Å². The van der Waals surface area contributed by atoms with E-state index in [4.69, 9.17) is 31.3 Å². The second-order valence-corrected chi connectivity index (χ2v) is 4.16. The molecule has 1 aromatic rings. The molecule has 0 amide bonds. The van der Waals surface area contributed by atoms with Gasteiger partial charge >= 0.3 is 0 Å². The third kappa shape index (κ3) is 2.81. The lowest BCUT2D eigenvalue weighted by atomic mass is 10.2. The van der Waals surface area contributed by atoms with Gasteiger partial charge in [-0.15, -0.1) is 0 Å². The van der Waals surface area contributed by atoms with Gasteiger partial charge in [0, 0.05) is 6.54 Å². The molecule has 5 nitrogen and oxygen atoms in total. The zero-order valence-corrected chi connectivity index (χ0v) is 9.91. The van der Waals surface area contributed by atoms with Crippen molar-refractivity contribution in [2.24, 2.45) is 0 Å². The highest BCUT2D eigenvalue weighted by Crippen LogP contribution is 2.39. The minimum absolute atomic E-state index is 0.116. The lowest BCUT2D eigenvalue weighted by molar-refractivity contribution is 0.170. The van der Waals surface area contributed by atoms with Crippen molar-refractivity contribution >= 4 is 11.6 Å². The lowest BCUT2D eigenvalue weighted by Crippen LogP contribution is -2.35. The number of aliphatic hydroxyl groups is 2. The molecule has 0 saturated heterocycles. The molecule has 1 aliphatic rings. The minimum atomic E-state index is -0.334. The van der Waals surface area contributed by atoms with Crippen LogP contribution in [0.25, 0.3) is 0 Å². The largest absolute Gasteiger partial charge is 0.454 e. The van der Waals surface area contributed by atoms with Crippen molar-refractivity contribution < 1.29 is 19.7 Å². The van der Waals surface area contributed by atoms with E-state index in [0.717, 1.165) is 5.56 Å². The van der Waals surface area contributed by atoms with Gasteiger partial charge in [-0.25, -0.2) is 0 Å².